The lowest BCUT2D eigenvalue weighted by molar-refractivity contribution is 0.0527. The van der Waals surface area contributed by atoms with Crippen LogP contribution in [0.1, 0.15) is 17.3 Å². The first-order chi connectivity index (χ1) is 14.8. The number of benzene rings is 2. The molecule has 0 radical (unpaired) electrons. The zero-order valence-corrected chi connectivity index (χ0v) is 16.4. The average molecular weight is 396 g/mol. The molecule has 1 N–H and O–H groups in total. The molecule has 0 bridgehead atoms. The smallest absolute Gasteiger partial charge is 0.344 e. The predicted molar refractivity (Wildman–Crippen MR) is 116 cm³/mol. The Labute approximate surface area is 174 Å². The number of pyridine rings is 1. The van der Waals surface area contributed by atoms with E-state index >= 15 is 0 Å². The van der Waals surface area contributed by atoms with Crippen molar-refractivity contribution in [3.8, 4) is 22.6 Å². The maximum Gasteiger partial charge on any atom is 0.344 e. The Morgan fingerprint density at radius 3 is 2.27 bits per heavy atom. The van der Waals surface area contributed by atoms with Gasteiger partial charge in [-0.25, -0.2) is 14.8 Å². The summed E-state index contributed by atoms with van der Waals surface area (Å²) in [7, 11) is 0. The van der Waals surface area contributed by atoms with Crippen LogP contribution in [-0.2, 0) is 4.74 Å². The number of aromatic nitrogens is 3. The lowest BCUT2D eigenvalue weighted by atomic mass is 10.1. The normalized spacial score (nSPS) is 10.4. The standard InChI is InChI=1S/C24H20N4O2/c1-2-30-24(29)20-21(17-10-5-3-6-11-17)27-22(18-12-9-15-25-16-18)28-23(20)26-19-13-7-4-8-14-19/h3-16H,2H2,1H3,(H,26,27,28). The first kappa shape index (κ1) is 19.3. The van der Waals surface area contributed by atoms with Gasteiger partial charge in [0.15, 0.2) is 5.82 Å². The molecule has 0 amide bonds. The molecule has 30 heavy (non-hydrogen) atoms. The Bertz CT molecular complexity index is 1130. The molecule has 4 rings (SSSR count). The minimum absolute atomic E-state index is 0.252. The summed E-state index contributed by atoms with van der Waals surface area (Å²) in [5.74, 6) is 0.369. The van der Waals surface area contributed by atoms with Crippen LogP contribution in [0.3, 0.4) is 0 Å². The highest BCUT2D eigenvalue weighted by Gasteiger charge is 2.24. The summed E-state index contributed by atoms with van der Waals surface area (Å²) in [4.78, 5) is 26.5. The van der Waals surface area contributed by atoms with Gasteiger partial charge in [-0.2, -0.15) is 0 Å². The molecule has 6 heteroatoms. The molecule has 0 spiro atoms. The van der Waals surface area contributed by atoms with Crippen LogP contribution in [-0.4, -0.2) is 27.5 Å². The quantitative estimate of drug-likeness (QED) is 0.456. The van der Waals surface area contributed by atoms with E-state index in [9.17, 15) is 4.79 Å². The number of rotatable bonds is 6. The van der Waals surface area contributed by atoms with Gasteiger partial charge in [0.2, 0.25) is 0 Å². The van der Waals surface area contributed by atoms with E-state index in [1.54, 1.807) is 19.3 Å². The number of nitrogens with zero attached hydrogens (tertiary/aromatic N) is 3. The zero-order chi connectivity index (χ0) is 20.8. The van der Waals surface area contributed by atoms with Gasteiger partial charge >= 0.3 is 5.97 Å². The maximum atomic E-state index is 12.9. The molecule has 0 unspecified atom stereocenters. The summed E-state index contributed by atoms with van der Waals surface area (Å²) < 4.78 is 5.34. The van der Waals surface area contributed by atoms with E-state index in [2.05, 4.69) is 15.3 Å². The molecule has 2 heterocycles. The number of para-hydroxylation sites is 1. The fourth-order valence-electron chi connectivity index (χ4n) is 3.04. The Kier molecular flexibility index (Phi) is 5.75. The Hall–Kier alpha value is -4.06. The van der Waals surface area contributed by atoms with E-state index in [1.807, 2.05) is 72.8 Å². The number of carbonyl (C=O) groups is 1. The van der Waals surface area contributed by atoms with Crippen LogP contribution < -0.4 is 5.32 Å². The molecule has 0 atom stereocenters. The second-order valence-electron chi connectivity index (χ2n) is 6.44. The van der Waals surface area contributed by atoms with Crippen LogP contribution in [0.15, 0.2) is 85.2 Å². The molecule has 148 valence electrons. The van der Waals surface area contributed by atoms with E-state index in [4.69, 9.17) is 9.72 Å². The molecule has 0 fully saturated rings. The first-order valence-corrected chi connectivity index (χ1v) is 9.63. The molecule has 0 aliphatic heterocycles. The van der Waals surface area contributed by atoms with E-state index in [0.717, 1.165) is 16.8 Å². The summed E-state index contributed by atoms with van der Waals surface area (Å²) in [5.41, 5.74) is 3.14. The topological polar surface area (TPSA) is 77.0 Å². The van der Waals surface area contributed by atoms with Crippen molar-refractivity contribution in [3.05, 3.63) is 90.8 Å². The van der Waals surface area contributed by atoms with Crippen molar-refractivity contribution in [2.75, 3.05) is 11.9 Å². The average Bonchev–Trinajstić information content (AvgIpc) is 2.80. The van der Waals surface area contributed by atoms with Crippen LogP contribution in [0, 0.1) is 0 Å². The number of anilines is 2. The van der Waals surface area contributed by atoms with Crippen LogP contribution in [0.5, 0.6) is 0 Å². The molecule has 2 aromatic carbocycles. The van der Waals surface area contributed by atoms with Crippen molar-refractivity contribution < 1.29 is 9.53 Å². The summed E-state index contributed by atoms with van der Waals surface area (Å²) in [5, 5.41) is 3.26. The minimum atomic E-state index is -0.479. The first-order valence-electron chi connectivity index (χ1n) is 9.63. The number of hydrogen-bond acceptors (Lipinski definition) is 6. The van der Waals surface area contributed by atoms with Crippen molar-refractivity contribution in [3.63, 3.8) is 0 Å². The fourth-order valence-corrected chi connectivity index (χ4v) is 3.04. The highest BCUT2D eigenvalue weighted by molar-refractivity contribution is 6.02. The summed E-state index contributed by atoms with van der Waals surface area (Å²) in [6.45, 7) is 2.03. The third-order valence-electron chi connectivity index (χ3n) is 4.39. The van der Waals surface area contributed by atoms with Crippen LogP contribution in [0.4, 0.5) is 11.5 Å². The fraction of sp³-hybridized carbons (Fsp3) is 0.0833. The number of carbonyl (C=O) groups excluding carboxylic acids is 1. The van der Waals surface area contributed by atoms with Gasteiger partial charge in [-0.05, 0) is 31.2 Å². The molecular formula is C24H20N4O2. The number of esters is 1. The third-order valence-corrected chi connectivity index (χ3v) is 4.39. The SMILES string of the molecule is CCOC(=O)c1c(Nc2ccccc2)nc(-c2cccnc2)nc1-c1ccccc1. The molecule has 2 aromatic heterocycles. The Balaban J connectivity index is 1.96. The van der Waals surface area contributed by atoms with E-state index in [0.29, 0.717) is 22.9 Å². The van der Waals surface area contributed by atoms with Crippen LogP contribution >= 0.6 is 0 Å². The molecule has 0 saturated carbocycles. The van der Waals surface area contributed by atoms with Gasteiger partial charge in [0.05, 0.1) is 12.3 Å². The van der Waals surface area contributed by atoms with Crippen molar-refractivity contribution in [2.45, 2.75) is 6.92 Å². The third kappa shape index (κ3) is 4.17. The highest BCUT2D eigenvalue weighted by Crippen LogP contribution is 2.31. The summed E-state index contributed by atoms with van der Waals surface area (Å²) in [6.07, 6.45) is 3.39. The van der Waals surface area contributed by atoms with Gasteiger partial charge in [0, 0.05) is 29.2 Å². The van der Waals surface area contributed by atoms with Gasteiger partial charge in [-0.15, -0.1) is 0 Å². The Morgan fingerprint density at radius 2 is 1.60 bits per heavy atom. The van der Waals surface area contributed by atoms with Crippen LogP contribution in [0.2, 0.25) is 0 Å². The van der Waals surface area contributed by atoms with Crippen molar-refractivity contribution in [2.24, 2.45) is 0 Å². The van der Waals surface area contributed by atoms with Gasteiger partial charge in [0.1, 0.15) is 11.4 Å². The second-order valence-corrected chi connectivity index (χ2v) is 6.44. The van der Waals surface area contributed by atoms with E-state index < -0.39 is 5.97 Å². The molecule has 0 aliphatic carbocycles. The Morgan fingerprint density at radius 1 is 0.900 bits per heavy atom. The van der Waals surface area contributed by atoms with Gasteiger partial charge < -0.3 is 10.1 Å². The van der Waals surface area contributed by atoms with E-state index in [-0.39, 0.29) is 6.61 Å². The number of hydrogen-bond donors (Lipinski definition) is 1. The summed E-state index contributed by atoms with van der Waals surface area (Å²) in [6, 6.07) is 22.8. The second kappa shape index (κ2) is 8.96. The molecule has 0 aliphatic rings. The minimum Gasteiger partial charge on any atom is -0.462 e. The van der Waals surface area contributed by atoms with Crippen molar-refractivity contribution in [1.82, 2.24) is 15.0 Å². The van der Waals surface area contributed by atoms with Crippen molar-refractivity contribution >= 4 is 17.5 Å². The van der Waals surface area contributed by atoms with E-state index in [1.165, 1.54) is 0 Å². The lowest BCUT2D eigenvalue weighted by Crippen LogP contribution is -2.13. The molecule has 4 aromatic rings. The van der Waals surface area contributed by atoms with Gasteiger partial charge in [-0.3, -0.25) is 4.98 Å². The van der Waals surface area contributed by atoms with Gasteiger partial charge in [-0.1, -0.05) is 48.5 Å². The largest absolute Gasteiger partial charge is 0.462 e. The molecular weight excluding hydrogens is 376 g/mol. The molecule has 6 nitrogen and oxygen atoms in total. The van der Waals surface area contributed by atoms with Gasteiger partial charge in [0.25, 0.3) is 0 Å². The number of ether oxygens (including phenoxy) is 1. The van der Waals surface area contributed by atoms with Crippen LogP contribution in [0.25, 0.3) is 22.6 Å². The van der Waals surface area contributed by atoms with Crippen molar-refractivity contribution in [1.29, 1.82) is 0 Å². The molecule has 0 saturated heterocycles. The number of nitrogens with one attached hydrogen (secondary N) is 1. The highest BCUT2D eigenvalue weighted by atomic mass is 16.5. The maximum absolute atomic E-state index is 12.9. The lowest BCUT2D eigenvalue weighted by Gasteiger charge is -2.16. The predicted octanol–water partition coefficient (Wildman–Crippen LogP) is 5.13. The summed E-state index contributed by atoms with van der Waals surface area (Å²) >= 11 is 0. The zero-order valence-electron chi connectivity index (χ0n) is 16.4. The monoisotopic (exact) mass is 396 g/mol.